The maximum absolute atomic E-state index is 14.4. The average Bonchev–Trinajstić information content (AvgIpc) is 3.64. The summed E-state index contributed by atoms with van der Waals surface area (Å²) in [5.41, 5.74) is 0.535. The van der Waals surface area contributed by atoms with Gasteiger partial charge in [0, 0.05) is 37.2 Å². The highest BCUT2D eigenvalue weighted by atomic mass is 16.5. The molecule has 0 aromatic heterocycles. The highest BCUT2D eigenvalue weighted by Gasteiger charge is 2.67. The zero-order chi connectivity index (χ0) is 25.9. The Hall–Kier alpha value is -3.65. The number of likely N-dealkylation sites (tertiary alicyclic amines) is 1. The summed E-state index contributed by atoms with van der Waals surface area (Å²) in [7, 11) is 0. The first kappa shape index (κ1) is 23.7. The predicted molar refractivity (Wildman–Crippen MR) is 136 cm³/mol. The number of para-hydroxylation sites is 1. The smallest absolute Gasteiger partial charge is 0.296 e. The first-order chi connectivity index (χ1) is 17.9. The third-order valence-corrected chi connectivity index (χ3v) is 7.84. The number of hydrogen-bond donors (Lipinski definition) is 1. The minimum Gasteiger partial charge on any atom is -0.507 e. The molecule has 0 bridgehead atoms. The van der Waals surface area contributed by atoms with E-state index in [1.54, 1.807) is 35.2 Å². The molecule has 0 radical (unpaired) electrons. The van der Waals surface area contributed by atoms with Crippen LogP contribution in [0.4, 0.5) is 5.69 Å². The van der Waals surface area contributed by atoms with E-state index in [0.717, 1.165) is 24.2 Å². The Morgan fingerprint density at radius 1 is 1.16 bits per heavy atom. The standard InChI is InChI=1S/C29H30N2O6/c1-3-12-30-22-9-5-4-8-21(22)29(28(30)35)24(26(33)27(34)31(29)16-20-7-6-13-36-20)25(32)18-10-11-23-19(15-18)14-17(2)37-23/h4-5,8-11,15,17,20,32H,3,6-7,12-14,16H2,1-2H3/t17-,20-,29-/m1/s1. The van der Waals surface area contributed by atoms with Crippen LogP contribution >= 0.6 is 0 Å². The summed E-state index contributed by atoms with van der Waals surface area (Å²) in [6, 6.07) is 12.5. The Balaban J connectivity index is 1.59. The molecule has 1 spiro atoms. The van der Waals surface area contributed by atoms with Crippen LogP contribution in [0.3, 0.4) is 0 Å². The van der Waals surface area contributed by atoms with Crippen LogP contribution in [-0.2, 0) is 31.1 Å². The molecule has 2 fully saturated rings. The predicted octanol–water partition coefficient (Wildman–Crippen LogP) is 3.52. The quantitative estimate of drug-likeness (QED) is 0.382. The van der Waals surface area contributed by atoms with Gasteiger partial charge in [0.25, 0.3) is 17.6 Å². The lowest BCUT2D eigenvalue weighted by Gasteiger charge is -2.35. The highest BCUT2D eigenvalue weighted by Crippen LogP contribution is 2.54. The van der Waals surface area contributed by atoms with E-state index in [-0.39, 0.29) is 30.1 Å². The lowest BCUT2D eigenvalue weighted by molar-refractivity contribution is -0.145. The largest absolute Gasteiger partial charge is 0.507 e. The number of benzene rings is 2. The number of ketones is 1. The van der Waals surface area contributed by atoms with Crippen LogP contribution in [0, 0.1) is 0 Å². The van der Waals surface area contributed by atoms with E-state index in [4.69, 9.17) is 9.47 Å². The SMILES string of the molecule is CCCN1C(=O)[C@]2(C(=C(O)c3ccc4c(c3)C[C@@H](C)O4)C(=O)C(=O)N2C[C@H]2CCCO2)c2ccccc21. The van der Waals surface area contributed by atoms with Gasteiger partial charge < -0.3 is 24.4 Å². The van der Waals surface area contributed by atoms with Crippen molar-refractivity contribution in [1.29, 1.82) is 0 Å². The third-order valence-electron chi connectivity index (χ3n) is 7.84. The van der Waals surface area contributed by atoms with Crippen molar-refractivity contribution in [1.82, 2.24) is 4.90 Å². The third kappa shape index (κ3) is 3.35. The molecule has 4 aliphatic rings. The summed E-state index contributed by atoms with van der Waals surface area (Å²) in [5.74, 6) is -1.67. The molecule has 1 N–H and O–H groups in total. The number of fused-ring (bicyclic) bond motifs is 3. The molecule has 37 heavy (non-hydrogen) atoms. The number of carbonyl (C=O) groups excluding carboxylic acids is 3. The Morgan fingerprint density at radius 3 is 2.73 bits per heavy atom. The van der Waals surface area contributed by atoms with Gasteiger partial charge in [-0.15, -0.1) is 0 Å². The number of carbonyl (C=O) groups is 3. The van der Waals surface area contributed by atoms with E-state index in [1.807, 2.05) is 26.0 Å². The summed E-state index contributed by atoms with van der Waals surface area (Å²) >= 11 is 0. The molecule has 4 heterocycles. The van der Waals surface area contributed by atoms with Crippen LogP contribution in [0.25, 0.3) is 5.76 Å². The summed E-state index contributed by atoms with van der Waals surface area (Å²) < 4.78 is 11.6. The minimum atomic E-state index is -1.75. The second-order valence-corrected chi connectivity index (χ2v) is 10.2. The fraction of sp³-hybridized carbons (Fsp3) is 0.414. The van der Waals surface area contributed by atoms with Crippen LogP contribution in [-0.4, -0.2) is 59.5 Å². The van der Waals surface area contributed by atoms with E-state index < -0.39 is 23.1 Å². The van der Waals surface area contributed by atoms with Gasteiger partial charge in [-0.2, -0.15) is 0 Å². The van der Waals surface area contributed by atoms with Gasteiger partial charge in [-0.25, -0.2) is 0 Å². The van der Waals surface area contributed by atoms with Gasteiger partial charge in [0.15, 0.2) is 5.54 Å². The van der Waals surface area contributed by atoms with Gasteiger partial charge in [-0.3, -0.25) is 14.4 Å². The average molecular weight is 503 g/mol. The van der Waals surface area contributed by atoms with Crippen LogP contribution in [0.15, 0.2) is 48.0 Å². The number of rotatable bonds is 5. The van der Waals surface area contributed by atoms with Crippen molar-refractivity contribution >= 4 is 29.0 Å². The summed E-state index contributed by atoms with van der Waals surface area (Å²) in [5, 5.41) is 11.7. The number of aliphatic hydroxyl groups is 1. The van der Waals surface area contributed by atoms with Gasteiger partial charge in [-0.05, 0) is 56.0 Å². The van der Waals surface area contributed by atoms with E-state index in [9.17, 15) is 19.5 Å². The highest BCUT2D eigenvalue weighted by molar-refractivity contribution is 6.50. The second kappa shape index (κ2) is 8.73. The first-order valence-corrected chi connectivity index (χ1v) is 13.0. The van der Waals surface area contributed by atoms with Crippen molar-refractivity contribution in [3.8, 4) is 5.75 Å². The maximum atomic E-state index is 14.4. The van der Waals surface area contributed by atoms with Gasteiger partial charge in [0.1, 0.15) is 17.6 Å². The van der Waals surface area contributed by atoms with Gasteiger partial charge >= 0.3 is 0 Å². The van der Waals surface area contributed by atoms with E-state index in [2.05, 4.69) is 0 Å². The molecule has 0 saturated carbocycles. The van der Waals surface area contributed by atoms with Crippen molar-refractivity contribution in [3.63, 3.8) is 0 Å². The molecule has 0 unspecified atom stereocenters. The van der Waals surface area contributed by atoms with Crippen LogP contribution in [0.2, 0.25) is 0 Å². The maximum Gasteiger partial charge on any atom is 0.296 e. The molecule has 192 valence electrons. The van der Waals surface area contributed by atoms with E-state index in [0.29, 0.717) is 42.8 Å². The first-order valence-electron chi connectivity index (χ1n) is 13.0. The van der Waals surface area contributed by atoms with E-state index >= 15 is 0 Å². The van der Waals surface area contributed by atoms with Crippen molar-refractivity contribution in [2.45, 2.75) is 57.3 Å². The molecule has 8 heteroatoms. The zero-order valence-corrected chi connectivity index (χ0v) is 21.0. The topological polar surface area (TPSA) is 96.4 Å². The Labute approximate surface area is 215 Å². The van der Waals surface area contributed by atoms with Crippen molar-refractivity contribution in [2.75, 3.05) is 24.6 Å². The number of amides is 2. The molecular formula is C29H30N2O6. The van der Waals surface area contributed by atoms with Gasteiger partial charge in [-0.1, -0.05) is 25.1 Å². The molecule has 2 amide bonds. The van der Waals surface area contributed by atoms with Crippen molar-refractivity contribution < 1.29 is 29.0 Å². The number of anilines is 1. The summed E-state index contributed by atoms with van der Waals surface area (Å²) in [6.07, 6.45) is 2.67. The van der Waals surface area contributed by atoms with Gasteiger partial charge in [0.2, 0.25) is 0 Å². The number of hydrogen-bond acceptors (Lipinski definition) is 6. The number of Topliss-reactive ketones (excluding diaryl/α,β-unsaturated/α-hetero) is 1. The zero-order valence-electron chi connectivity index (χ0n) is 21.0. The number of nitrogens with zero attached hydrogens (tertiary/aromatic N) is 2. The molecule has 8 nitrogen and oxygen atoms in total. The molecule has 2 aromatic rings. The summed E-state index contributed by atoms with van der Waals surface area (Å²) in [4.78, 5) is 44.8. The molecule has 3 atom stereocenters. The normalized spacial score (nSPS) is 27.8. The molecule has 2 saturated heterocycles. The second-order valence-electron chi connectivity index (χ2n) is 10.2. The van der Waals surface area contributed by atoms with Crippen LogP contribution in [0.1, 0.15) is 49.8 Å². The molecule has 2 aromatic carbocycles. The van der Waals surface area contributed by atoms with Crippen molar-refractivity contribution in [3.05, 3.63) is 64.7 Å². The Kier molecular flexibility index (Phi) is 5.60. The Bertz CT molecular complexity index is 1340. The molecule has 4 aliphatic heterocycles. The summed E-state index contributed by atoms with van der Waals surface area (Å²) in [6.45, 7) is 5.03. The van der Waals surface area contributed by atoms with Crippen LogP contribution < -0.4 is 9.64 Å². The van der Waals surface area contributed by atoms with Crippen molar-refractivity contribution in [2.24, 2.45) is 0 Å². The monoisotopic (exact) mass is 502 g/mol. The minimum absolute atomic E-state index is 0.00821. The fourth-order valence-electron chi connectivity index (χ4n) is 6.27. The van der Waals surface area contributed by atoms with Gasteiger partial charge in [0.05, 0.1) is 17.4 Å². The molecule has 6 rings (SSSR count). The number of ether oxygens (including phenoxy) is 2. The Morgan fingerprint density at radius 2 is 1.97 bits per heavy atom. The molecule has 0 aliphatic carbocycles. The lowest BCUT2D eigenvalue weighted by atomic mass is 9.81. The molecular weight excluding hydrogens is 472 g/mol. The fourth-order valence-corrected chi connectivity index (χ4v) is 6.27. The van der Waals surface area contributed by atoms with E-state index in [1.165, 1.54) is 4.90 Å². The lowest BCUT2D eigenvalue weighted by Crippen LogP contribution is -2.53. The van der Waals surface area contributed by atoms with Crippen LogP contribution in [0.5, 0.6) is 5.75 Å². The number of aliphatic hydroxyl groups excluding tert-OH is 1.